The molecule has 3 rings (SSSR count). The molecule has 0 radical (unpaired) electrons. The number of rotatable bonds is 11. The lowest BCUT2D eigenvalue weighted by Crippen LogP contribution is -2.30. The Kier molecular flexibility index (Phi) is 8.18. The molecule has 0 atom stereocenters. The summed E-state index contributed by atoms with van der Waals surface area (Å²) in [5, 5.41) is 17.0. The fourth-order valence-electron chi connectivity index (χ4n) is 2.82. The second kappa shape index (κ2) is 10.8. The van der Waals surface area contributed by atoms with E-state index in [0.717, 1.165) is 10.4 Å². The molecule has 0 saturated carbocycles. The smallest absolute Gasteiger partial charge is 0.243 e. The summed E-state index contributed by atoms with van der Waals surface area (Å²) < 4.78 is 28.1. The normalized spacial score (nSPS) is 11.7. The number of carbonyl (C=O) groups is 1. The number of benzene rings is 1. The van der Waals surface area contributed by atoms with Crippen molar-refractivity contribution in [3.63, 3.8) is 0 Å². The minimum absolute atomic E-state index is 0.157. The molecule has 0 aliphatic heterocycles. The predicted octanol–water partition coefficient (Wildman–Crippen LogP) is 2.22. The van der Waals surface area contributed by atoms with Crippen LogP contribution in [-0.2, 0) is 27.9 Å². The van der Waals surface area contributed by atoms with Gasteiger partial charge in [0.2, 0.25) is 21.1 Å². The zero-order valence-electron chi connectivity index (χ0n) is 17.3. The van der Waals surface area contributed by atoms with E-state index < -0.39 is 10.0 Å². The summed E-state index contributed by atoms with van der Waals surface area (Å²) in [4.78, 5) is 13.6. The average Bonchev–Trinajstić information content (AvgIpc) is 3.44. The Bertz CT molecular complexity index is 1080. The highest BCUT2D eigenvalue weighted by Gasteiger charge is 2.21. The molecule has 166 valence electrons. The Balaban J connectivity index is 1.50. The minimum Gasteiger partial charge on any atom is -0.351 e. The first-order valence-corrected chi connectivity index (χ1v) is 13.0. The van der Waals surface area contributed by atoms with Crippen molar-refractivity contribution < 1.29 is 13.2 Å². The molecule has 1 N–H and O–H groups in total. The summed E-state index contributed by atoms with van der Waals surface area (Å²) in [7, 11) is -3.48. The number of thiophene rings is 1. The fraction of sp³-hybridized carbons (Fsp3) is 0.368. The molecule has 9 nitrogen and oxygen atoms in total. The minimum atomic E-state index is -3.48. The maximum absolute atomic E-state index is 12.5. The Morgan fingerprint density at radius 3 is 2.58 bits per heavy atom. The van der Waals surface area contributed by atoms with Gasteiger partial charge >= 0.3 is 0 Å². The van der Waals surface area contributed by atoms with Gasteiger partial charge in [-0.05, 0) is 39.6 Å². The summed E-state index contributed by atoms with van der Waals surface area (Å²) in [5.74, 6) is 0.0229. The second-order valence-corrected chi connectivity index (χ2v) is 10.4. The third-order valence-corrected chi connectivity index (χ3v) is 8.36. The van der Waals surface area contributed by atoms with Gasteiger partial charge in [0.15, 0.2) is 0 Å². The first-order valence-electron chi connectivity index (χ1n) is 9.71. The quantitative estimate of drug-likeness (QED) is 0.419. The SMILES string of the molecule is CCN(CC)S(=O)(=O)c1ccc(CNC(=O)CSc2nnnn2Cc2cccs2)cc1. The van der Waals surface area contributed by atoms with Crippen LogP contribution in [0.2, 0.25) is 0 Å². The molecule has 1 aromatic carbocycles. The van der Waals surface area contributed by atoms with Gasteiger partial charge in [-0.2, -0.15) is 4.31 Å². The molecule has 2 aromatic heterocycles. The molecule has 2 heterocycles. The number of aromatic nitrogens is 4. The van der Waals surface area contributed by atoms with Gasteiger partial charge in [0, 0.05) is 24.5 Å². The lowest BCUT2D eigenvalue weighted by atomic mass is 10.2. The van der Waals surface area contributed by atoms with Gasteiger partial charge in [-0.3, -0.25) is 4.79 Å². The van der Waals surface area contributed by atoms with Crippen molar-refractivity contribution in [2.75, 3.05) is 18.8 Å². The number of nitrogens with zero attached hydrogens (tertiary/aromatic N) is 5. The van der Waals surface area contributed by atoms with Gasteiger partial charge in [0.05, 0.1) is 17.2 Å². The average molecular weight is 481 g/mol. The number of hydrogen-bond donors (Lipinski definition) is 1. The molecule has 12 heteroatoms. The molecule has 0 saturated heterocycles. The van der Waals surface area contributed by atoms with Crippen molar-refractivity contribution in [2.45, 2.75) is 37.0 Å². The molecular weight excluding hydrogens is 456 g/mol. The molecule has 0 fully saturated rings. The van der Waals surface area contributed by atoms with Crippen LogP contribution in [-0.4, -0.2) is 57.7 Å². The van der Waals surface area contributed by atoms with Gasteiger partial charge in [-0.25, -0.2) is 13.1 Å². The first-order chi connectivity index (χ1) is 14.9. The van der Waals surface area contributed by atoms with Crippen LogP contribution in [0.25, 0.3) is 0 Å². The van der Waals surface area contributed by atoms with Crippen molar-refractivity contribution in [3.05, 3.63) is 52.2 Å². The van der Waals surface area contributed by atoms with Gasteiger partial charge in [-0.1, -0.05) is 43.8 Å². The van der Waals surface area contributed by atoms with Crippen molar-refractivity contribution in [3.8, 4) is 0 Å². The van der Waals surface area contributed by atoms with Crippen molar-refractivity contribution >= 4 is 39.0 Å². The Labute approximate surface area is 189 Å². The fourth-order valence-corrected chi connectivity index (χ4v) is 5.67. The van der Waals surface area contributed by atoms with Crippen molar-refractivity contribution in [1.82, 2.24) is 29.8 Å². The van der Waals surface area contributed by atoms with Gasteiger partial charge in [0.1, 0.15) is 0 Å². The van der Waals surface area contributed by atoms with Gasteiger partial charge in [-0.15, -0.1) is 16.4 Å². The highest BCUT2D eigenvalue weighted by molar-refractivity contribution is 7.99. The number of carbonyl (C=O) groups excluding carboxylic acids is 1. The molecule has 0 aliphatic rings. The van der Waals surface area contributed by atoms with Crippen LogP contribution >= 0.6 is 23.1 Å². The number of thioether (sulfide) groups is 1. The van der Waals surface area contributed by atoms with Crippen LogP contribution in [0.3, 0.4) is 0 Å². The van der Waals surface area contributed by atoms with E-state index in [9.17, 15) is 13.2 Å². The Hall–Kier alpha value is -2.28. The van der Waals surface area contributed by atoms with E-state index >= 15 is 0 Å². The van der Waals surface area contributed by atoms with Crippen LogP contribution in [0, 0.1) is 0 Å². The van der Waals surface area contributed by atoms with Crippen molar-refractivity contribution in [2.24, 2.45) is 0 Å². The summed E-state index contributed by atoms with van der Waals surface area (Å²) in [6.45, 7) is 5.34. The first kappa shape index (κ1) is 23.4. The van der Waals surface area contributed by atoms with Crippen LogP contribution in [0.4, 0.5) is 0 Å². The monoisotopic (exact) mass is 480 g/mol. The highest BCUT2D eigenvalue weighted by Crippen LogP contribution is 2.18. The van der Waals surface area contributed by atoms with E-state index in [4.69, 9.17) is 0 Å². The highest BCUT2D eigenvalue weighted by atomic mass is 32.2. The molecule has 0 aliphatic carbocycles. The summed E-state index contributed by atoms with van der Waals surface area (Å²) in [5.41, 5.74) is 0.819. The van der Waals surface area contributed by atoms with Crippen LogP contribution in [0.1, 0.15) is 24.3 Å². The van der Waals surface area contributed by atoms with E-state index in [1.54, 1.807) is 40.3 Å². The maximum atomic E-state index is 12.5. The Morgan fingerprint density at radius 1 is 1.19 bits per heavy atom. The van der Waals surface area contributed by atoms with E-state index in [1.807, 2.05) is 31.4 Å². The molecule has 3 aromatic rings. The van der Waals surface area contributed by atoms with E-state index in [0.29, 0.717) is 31.3 Å². The standard InChI is InChI=1S/C19H24N6O3S3/c1-3-24(4-2)31(27,28)17-9-7-15(8-10-17)12-20-18(26)14-30-19-21-22-23-25(19)13-16-6-5-11-29-16/h5-11H,3-4,12-14H2,1-2H3,(H,20,26). The van der Waals surface area contributed by atoms with E-state index in [-0.39, 0.29) is 16.6 Å². The zero-order chi connectivity index (χ0) is 22.3. The third kappa shape index (κ3) is 6.12. The topological polar surface area (TPSA) is 110 Å². The number of sulfonamides is 1. The number of tetrazole rings is 1. The molecule has 1 amide bonds. The molecule has 0 spiro atoms. The lowest BCUT2D eigenvalue weighted by molar-refractivity contribution is -0.118. The van der Waals surface area contributed by atoms with Crippen LogP contribution in [0.15, 0.2) is 51.8 Å². The molecular formula is C19H24N6O3S3. The summed E-state index contributed by atoms with van der Waals surface area (Å²) >= 11 is 2.89. The predicted molar refractivity (Wildman–Crippen MR) is 120 cm³/mol. The number of nitrogens with one attached hydrogen (secondary N) is 1. The van der Waals surface area contributed by atoms with Crippen LogP contribution < -0.4 is 5.32 Å². The second-order valence-electron chi connectivity index (χ2n) is 6.50. The van der Waals surface area contributed by atoms with E-state index in [1.165, 1.54) is 16.1 Å². The number of amides is 1. The van der Waals surface area contributed by atoms with Crippen LogP contribution in [0.5, 0.6) is 0 Å². The zero-order valence-corrected chi connectivity index (χ0v) is 19.7. The van der Waals surface area contributed by atoms with Crippen molar-refractivity contribution in [1.29, 1.82) is 0 Å². The maximum Gasteiger partial charge on any atom is 0.243 e. The van der Waals surface area contributed by atoms with E-state index in [2.05, 4.69) is 20.8 Å². The molecule has 0 unspecified atom stereocenters. The number of hydrogen-bond acceptors (Lipinski definition) is 8. The third-order valence-electron chi connectivity index (χ3n) is 4.47. The lowest BCUT2D eigenvalue weighted by Gasteiger charge is -2.18. The Morgan fingerprint density at radius 2 is 1.94 bits per heavy atom. The summed E-state index contributed by atoms with van der Waals surface area (Å²) in [6.07, 6.45) is 0. The molecule has 31 heavy (non-hydrogen) atoms. The largest absolute Gasteiger partial charge is 0.351 e. The van der Waals surface area contributed by atoms with Gasteiger partial charge in [0.25, 0.3) is 0 Å². The summed E-state index contributed by atoms with van der Waals surface area (Å²) in [6, 6.07) is 10.5. The molecule has 0 bridgehead atoms. The van der Waals surface area contributed by atoms with Gasteiger partial charge < -0.3 is 5.32 Å².